The average molecular weight is 383 g/mol. The Morgan fingerprint density at radius 3 is 2.64 bits per heavy atom. The van der Waals surface area contributed by atoms with Crippen LogP contribution in [-0.4, -0.2) is 49.4 Å². The number of hydrogen-bond donors (Lipinski definition) is 2. The lowest BCUT2D eigenvalue weighted by molar-refractivity contribution is -0.895. The maximum Gasteiger partial charge on any atom is 0.289 e. The molecule has 3 rings (SSSR count). The van der Waals surface area contributed by atoms with Crippen LogP contribution in [0.15, 0.2) is 41.0 Å². The second-order valence-electron chi connectivity index (χ2n) is 5.87. The molecule has 8 heteroatoms. The molecule has 2 heterocycles. The minimum Gasteiger partial charge on any atom is -0.459 e. The van der Waals surface area contributed by atoms with Crippen LogP contribution in [0.3, 0.4) is 0 Å². The Morgan fingerprint density at radius 1 is 1.20 bits per heavy atom. The Balaban J connectivity index is 1.49. The molecule has 1 aromatic heterocycles. The first-order valence-corrected chi connectivity index (χ1v) is 8.70. The van der Waals surface area contributed by atoms with Crippen molar-refractivity contribution in [3.8, 4) is 0 Å². The van der Waals surface area contributed by atoms with Gasteiger partial charge in [-0.15, -0.1) is 0 Å². The molecule has 0 saturated carbocycles. The van der Waals surface area contributed by atoms with E-state index < -0.39 is 0 Å². The number of piperazine rings is 1. The number of carbonyl (C=O) groups is 2. The van der Waals surface area contributed by atoms with Crippen molar-refractivity contribution in [2.45, 2.75) is 0 Å². The second-order valence-corrected chi connectivity index (χ2v) is 6.71. The molecule has 1 aliphatic heterocycles. The van der Waals surface area contributed by atoms with Gasteiger partial charge in [-0.05, 0) is 30.3 Å². The lowest BCUT2D eigenvalue weighted by atomic mass is 10.2. The van der Waals surface area contributed by atoms with Crippen molar-refractivity contribution in [1.82, 2.24) is 4.90 Å². The topological polar surface area (TPSA) is 67.0 Å². The van der Waals surface area contributed by atoms with Crippen molar-refractivity contribution in [3.63, 3.8) is 0 Å². The summed E-state index contributed by atoms with van der Waals surface area (Å²) in [6, 6.07) is 8.28. The maximum atomic E-state index is 12.2. The summed E-state index contributed by atoms with van der Waals surface area (Å²) in [5.41, 5.74) is 0.505. The molecule has 0 aliphatic carbocycles. The maximum absolute atomic E-state index is 12.2. The van der Waals surface area contributed by atoms with Crippen LogP contribution in [0.25, 0.3) is 0 Å². The van der Waals surface area contributed by atoms with Gasteiger partial charge in [-0.2, -0.15) is 0 Å². The number of carbonyl (C=O) groups excluding carboxylic acids is 2. The van der Waals surface area contributed by atoms with E-state index in [9.17, 15) is 9.59 Å². The second kappa shape index (κ2) is 7.91. The molecule has 2 aromatic rings. The van der Waals surface area contributed by atoms with Gasteiger partial charge in [0.15, 0.2) is 12.3 Å². The fourth-order valence-electron chi connectivity index (χ4n) is 2.77. The van der Waals surface area contributed by atoms with Crippen LogP contribution >= 0.6 is 23.2 Å². The van der Waals surface area contributed by atoms with E-state index >= 15 is 0 Å². The highest BCUT2D eigenvalue weighted by Gasteiger charge is 2.27. The zero-order valence-corrected chi connectivity index (χ0v) is 14.9. The van der Waals surface area contributed by atoms with Gasteiger partial charge in [-0.3, -0.25) is 9.59 Å². The Hall–Kier alpha value is -2.02. The first-order chi connectivity index (χ1) is 12.0. The van der Waals surface area contributed by atoms with Crippen LogP contribution in [0, 0.1) is 0 Å². The molecule has 1 saturated heterocycles. The molecule has 0 bridgehead atoms. The lowest BCUT2D eigenvalue weighted by Crippen LogP contribution is -3.15. The van der Waals surface area contributed by atoms with Gasteiger partial charge in [0.25, 0.3) is 11.8 Å². The van der Waals surface area contributed by atoms with Crippen LogP contribution in [-0.2, 0) is 4.79 Å². The normalized spacial score (nSPS) is 15.2. The average Bonchev–Trinajstić information content (AvgIpc) is 3.13. The van der Waals surface area contributed by atoms with Crippen molar-refractivity contribution in [1.29, 1.82) is 0 Å². The molecule has 132 valence electrons. The number of quaternary nitrogens is 1. The Morgan fingerprint density at radius 2 is 1.96 bits per heavy atom. The van der Waals surface area contributed by atoms with E-state index in [0.29, 0.717) is 54.2 Å². The number of halogens is 2. The first kappa shape index (κ1) is 17.8. The number of benzene rings is 1. The molecule has 0 spiro atoms. The Labute approximate surface area is 155 Å². The highest BCUT2D eigenvalue weighted by atomic mass is 35.5. The number of nitrogens with one attached hydrogen (secondary N) is 2. The SMILES string of the molecule is O=C(C[NH+]1CCN(C(=O)c2ccco2)CC1)Nc1cc(Cl)ccc1Cl. The number of nitrogens with zero attached hydrogens (tertiary/aromatic N) is 1. The monoisotopic (exact) mass is 382 g/mol. The van der Waals surface area contributed by atoms with Gasteiger partial charge in [0.2, 0.25) is 0 Å². The van der Waals surface area contributed by atoms with E-state index in [1.54, 1.807) is 35.2 Å². The summed E-state index contributed by atoms with van der Waals surface area (Å²) in [5, 5.41) is 3.74. The van der Waals surface area contributed by atoms with Crippen LogP contribution < -0.4 is 10.2 Å². The van der Waals surface area contributed by atoms with Crippen LogP contribution in [0.1, 0.15) is 10.6 Å². The predicted octanol–water partition coefficient (Wildman–Crippen LogP) is 1.57. The molecule has 2 N–H and O–H groups in total. The summed E-state index contributed by atoms with van der Waals surface area (Å²) >= 11 is 12.0. The molecular formula is C17H18Cl2N3O3+. The Kier molecular flexibility index (Phi) is 5.63. The molecule has 1 aliphatic rings. The minimum atomic E-state index is -0.134. The van der Waals surface area contributed by atoms with Crippen LogP contribution in [0.2, 0.25) is 10.0 Å². The standard InChI is InChI=1S/C17H17Cl2N3O3/c18-12-3-4-13(19)14(10-12)20-16(23)11-21-5-7-22(8-6-21)17(24)15-2-1-9-25-15/h1-4,9-10H,5-8,11H2,(H,20,23)/p+1. The number of furan rings is 1. The van der Waals surface area contributed by atoms with Crippen molar-refractivity contribution < 1.29 is 18.9 Å². The van der Waals surface area contributed by atoms with E-state index in [1.807, 2.05) is 0 Å². The quantitative estimate of drug-likeness (QED) is 0.843. The number of amides is 2. The molecule has 6 nitrogen and oxygen atoms in total. The molecule has 1 aromatic carbocycles. The molecule has 25 heavy (non-hydrogen) atoms. The highest BCUT2D eigenvalue weighted by molar-refractivity contribution is 6.35. The number of hydrogen-bond acceptors (Lipinski definition) is 3. The van der Waals surface area contributed by atoms with Crippen LogP contribution in [0.5, 0.6) is 0 Å². The van der Waals surface area contributed by atoms with E-state index in [2.05, 4.69) is 5.32 Å². The fraction of sp³-hybridized carbons (Fsp3) is 0.294. The van der Waals surface area contributed by atoms with Gasteiger partial charge in [0, 0.05) is 5.02 Å². The largest absolute Gasteiger partial charge is 0.459 e. The minimum absolute atomic E-state index is 0.112. The smallest absolute Gasteiger partial charge is 0.289 e. The number of rotatable bonds is 4. The molecular weight excluding hydrogens is 365 g/mol. The van der Waals surface area contributed by atoms with Gasteiger partial charge in [-0.1, -0.05) is 23.2 Å². The Bertz CT molecular complexity index is 757. The molecule has 2 amide bonds. The summed E-state index contributed by atoms with van der Waals surface area (Å²) in [6.07, 6.45) is 1.49. The third-order valence-electron chi connectivity index (χ3n) is 4.10. The third kappa shape index (κ3) is 4.54. The summed E-state index contributed by atoms with van der Waals surface area (Å²) in [6.45, 7) is 2.87. The van der Waals surface area contributed by atoms with Crippen LogP contribution in [0.4, 0.5) is 5.69 Å². The van der Waals surface area contributed by atoms with Gasteiger partial charge >= 0.3 is 0 Å². The third-order valence-corrected chi connectivity index (χ3v) is 4.67. The lowest BCUT2D eigenvalue weighted by Gasteiger charge is -2.31. The molecule has 0 unspecified atom stereocenters. The van der Waals surface area contributed by atoms with Gasteiger partial charge in [0.1, 0.15) is 0 Å². The molecule has 0 atom stereocenters. The predicted molar refractivity (Wildman–Crippen MR) is 95.3 cm³/mol. The summed E-state index contributed by atoms with van der Waals surface area (Å²) in [7, 11) is 0. The van der Waals surface area contributed by atoms with Crippen molar-refractivity contribution in [3.05, 3.63) is 52.4 Å². The van der Waals surface area contributed by atoms with Gasteiger partial charge in [-0.25, -0.2) is 0 Å². The van der Waals surface area contributed by atoms with E-state index in [4.69, 9.17) is 27.6 Å². The summed E-state index contributed by atoms with van der Waals surface area (Å²) in [4.78, 5) is 27.3. The summed E-state index contributed by atoms with van der Waals surface area (Å²) in [5.74, 6) is 0.0981. The van der Waals surface area contributed by atoms with Crippen molar-refractivity contribution in [2.24, 2.45) is 0 Å². The van der Waals surface area contributed by atoms with Gasteiger partial charge < -0.3 is 19.5 Å². The summed E-state index contributed by atoms with van der Waals surface area (Å²) < 4.78 is 5.14. The van der Waals surface area contributed by atoms with Crippen molar-refractivity contribution in [2.75, 3.05) is 38.0 Å². The van der Waals surface area contributed by atoms with Crippen molar-refractivity contribution >= 4 is 40.7 Å². The molecule has 0 radical (unpaired) electrons. The molecule has 1 fully saturated rings. The zero-order chi connectivity index (χ0) is 17.8. The number of anilines is 1. The zero-order valence-electron chi connectivity index (χ0n) is 13.4. The van der Waals surface area contributed by atoms with Gasteiger partial charge in [0.05, 0.1) is 43.2 Å². The van der Waals surface area contributed by atoms with E-state index in [1.165, 1.54) is 6.26 Å². The first-order valence-electron chi connectivity index (χ1n) is 7.94. The fourth-order valence-corrected chi connectivity index (χ4v) is 3.11. The van der Waals surface area contributed by atoms with E-state index in [0.717, 1.165) is 4.90 Å². The highest BCUT2D eigenvalue weighted by Crippen LogP contribution is 2.25. The van der Waals surface area contributed by atoms with E-state index in [-0.39, 0.29) is 11.8 Å².